The standard InChI is InChI=1S/C27H29N3O3/c1-3-4-14-25(31)28-22-17-15-21(16-18-22)26(32)29-24-13-9-8-12-23(24)27(33)30(2)19-20-10-6-5-7-11-20/h5-13,15-18H,3-4,14,19H2,1-2H3,(H,28,31)(H,29,32). The molecule has 3 aromatic rings. The van der Waals surface area contributed by atoms with Gasteiger partial charge in [0.15, 0.2) is 0 Å². The topological polar surface area (TPSA) is 78.5 Å². The maximum Gasteiger partial charge on any atom is 0.256 e. The summed E-state index contributed by atoms with van der Waals surface area (Å²) in [6.45, 7) is 2.50. The molecular formula is C27H29N3O3. The number of hydrogen-bond donors (Lipinski definition) is 2. The predicted molar refractivity (Wildman–Crippen MR) is 131 cm³/mol. The Morgan fingerprint density at radius 1 is 0.818 bits per heavy atom. The van der Waals surface area contributed by atoms with Gasteiger partial charge in [-0.25, -0.2) is 0 Å². The van der Waals surface area contributed by atoms with Crippen molar-refractivity contribution in [3.63, 3.8) is 0 Å². The van der Waals surface area contributed by atoms with Gasteiger partial charge in [0, 0.05) is 31.3 Å². The van der Waals surface area contributed by atoms with Crippen LogP contribution in [0.4, 0.5) is 11.4 Å². The summed E-state index contributed by atoms with van der Waals surface area (Å²) < 4.78 is 0. The highest BCUT2D eigenvalue weighted by atomic mass is 16.2. The molecule has 3 rings (SSSR count). The minimum atomic E-state index is -0.329. The number of carbonyl (C=O) groups excluding carboxylic acids is 3. The normalized spacial score (nSPS) is 10.4. The van der Waals surface area contributed by atoms with Gasteiger partial charge in [-0.3, -0.25) is 14.4 Å². The minimum absolute atomic E-state index is 0.0406. The predicted octanol–water partition coefficient (Wildman–Crippen LogP) is 5.34. The van der Waals surface area contributed by atoms with Crippen LogP contribution in [0.5, 0.6) is 0 Å². The van der Waals surface area contributed by atoms with Crippen LogP contribution in [0.1, 0.15) is 52.5 Å². The SMILES string of the molecule is CCCCC(=O)Nc1ccc(C(=O)Nc2ccccc2C(=O)N(C)Cc2ccccc2)cc1. The van der Waals surface area contributed by atoms with E-state index in [0.717, 1.165) is 18.4 Å². The van der Waals surface area contributed by atoms with Gasteiger partial charge in [0.05, 0.1) is 11.3 Å². The van der Waals surface area contributed by atoms with Crippen LogP contribution in [-0.2, 0) is 11.3 Å². The lowest BCUT2D eigenvalue weighted by Gasteiger charge is -2.19. The van der Waals surface area contributed by atoms with E-state index in [2.05, 4.69) is 10.6 Å². The molecule has 170 valence electrons. The fourth-order valence-corrected chi connectivity index (χ4v) is 3.37. The van der Waals surface area contributed by atoms with Gasteiger partial charge in [0.1, 0.15) is 0 Å². The number of anilines is 2. The summed E-state index contributed by atoms with van der Waals surface area (Å²) in [5, 5.41) is 5.67. The van der Waals surface area contributed by atoms with Crippen molar-refractivity contribution in [3.05, 3.63) is 95.6 Å². The van der Waals surface area contributed by atoms with Gasteiger partial charge < -0.3 is 15.5 Å². The quantitative estimate of drug-likeness (QED) is 0.469. The smallest absolute Gasteiger partial charge is 0.256 e. The molecule has 3 aromatic carbocycles. The van der Waals surface area contributed by atoms with Gasteiger partial charge in [-0.2, -0.15) is 0 Å². The number of carbonyl (C=O) groups is 3. The Bertz CT molecular complexity index is 1100. The zero-order chi connectivity index (χ0) is 23.6. The van der Waals surface area contributed by atoms with Crippen molar-refractivity contribution < 1.29 is 14.4 Å². The van der Waals surface area contributed by atoms with Crippen LogP contribution in [0.2, 0.25) is 0 Å². The first-order valence-corrected chi connectivity index (χ1v) is 11.1. The van der Waals surface area contributed by atoms with Gasteiger partial charge in [-0.15, -0.1) is 0 Å². The van der Waals surface area contributed by atoms with Crippen molar-refractivity contribution in [2.75, 3.05) is 17.7 Å². The van der Waals surface area contributed by atoms with E-state index in [1.165, 1.54) is 0 Å². The molecule has 0 unspecified atom stereocenters. The first-order valence-electron chi connectivity index (χ1n) is 11.1. The van der Waals surface area contributed by atoms with Crippen LogP contribution >= 0.6 is 0 Å². The molecule has 0 aliphatic heterocycles. The Kier molecular flexibility index (Phi) is 8.36. The average molecular weight is 444 g/mol. The number of nitrogens with zero attached hydrogens (tertiary/aromatic N) is 1. The van der Waals surface area contributed by atoms with E-state index >= 15 is 0 Å². The van der Waals surface area contributed by atoms with E-state index in [4.69, 9.17) is 0 Å². The molecule has 33 heavy (non-hydrogen) atoms. The third-order valence-corrected chi connectivity index (χ3v) is 5.20. The van der Waals surface area contributed by atoms with E-state index in [0.29, 0.717) is 35.5 Å². The van der Waals surface area contributed by atoms with Gasteiger partial charge >= 0.3 is 0 Å². The summed E-state index contributed by atoms with van der Waals surface area (Å²) in [4.78, 5) is 39.3. The second-order valence-corrected chi connectivity index (χ2v) is 7.88. The zero-order valence-corrected chi connectivity index (χ0v) is 19.0. The van der Waals surface area contributed by atoms with Crippen LogP contribution in [0, 0.1) is 0 Å². The molecule has 6 heteroatoms. The molecule has 0 spiro atoms. The molecule has 0 radical (unpaired) electrons. The van der Waals surface area contributed by atoms with E-state index < -0.39 is 0 Å². The Balaban J connectivity index is 1.67. The minimum Gasteiger partial charge on any atom is -0.337 e. The lowest BCUT2D eigenvalue weighted by molar-refractivity contribution is -0.116. The Morgan fingerprint density at radius 2 is 1.48 bits per heavy atom. The van der Waals surface area contributed by atoms with Crippen LogP contribution < -0.4 is 10.6 Å². The molecule has 2 N–H and O–H groups in total. The number of rotatable bonds is 9. The first kappa shape index (κ1) is 23.7. The highest BCUT2D eigenvalue weighted by molar-refractivity contribution is 6.09. The van der Waals surface area contributed by atoms with Crippen LogP contribution in [0.15, 0.2) is 78.9 Å². The molecule has 3 amide bonds. The van der Waals surface area contributed by atoms with Crippen molar-refractivity contribution in [3.8, 4) is 0 Å². The maximum atomic E-state index is 13.0. The van der Waals surface area contributed by atoms with Crippen molar-refractivity contribution in [1.82, 2.24) is 4.90 Å². The molecule has 0 aliphatic rings. The number of nitrogens with one attached hydrogen (secondary N) is 2. The Hall–Kier alpha value is -3.93. The molecule has 0 saturated carbocycles. The van der Waals surface area contributed by atoms with E-state index in [-0.39, 0.29) is 17.7 Å². The number of unbranched alkanes of at least 4 members (excludes halogenated alkanes) is 1. The van der Waals surface area contributed by atoms with E-state index in [1.807, 2.05) is 37.3 Å². The maximum absolute atomic E-state index is 13.0. The largest absolute Gasteiger partial charge is 0.337 e. The molecule has 0 heterocycles. The Labute approximate surface area is 194 Å². The molecular weight excluding hydrogens is 414 g/mol. The molecule has 0 fully saturated rings. The second-order valence-electron chi connectivity index (χ2n) is 7.88. The van der Waals surface area contributed by atoms with Gasteiger partial charge in [0.25, 0.3) is 11.8 Å². The van der Waals surface area contributed by atoms with Gasteiger partial charge in [-0.1, -0.05) is 55.8 Å². The third kappa shape index (κ3) is 6.77. The molecule has 0 bridgehead atoms. The molecule has 0 aromatic heterocycles. The molecule has 0 saturated heterocycles. The summed E-state index contributed by atoms with van der Waals surface area (Å²) in [5.74, 6) is -0.550. The fraction of sp³-hybridized carbons (Fsp3) is 0.222. The van der Waals surface area contributed by atoms with E-state index in [9.17, 15) is 14.4 Å². The summed E-state index contributed by atoms with van der Waals surface area (Å²) in [6.07, 6.45) is 2.27. The zero-order valence-electron chi connectivity index (χ0n) is 19.0. The van der Waals surface area contributed by atoms with Crippen molar-refractivity contribution >= 4 is 29.1 Å². The lowest BCUT2D eigenvalue weighted by atomic mass is 10.1. The van der Waals surface area contributed by atoms with Crippen LogP contribution in [-0.4, -0.2) is 29.7 Å². The fourth-order valence-electron chi connectivity index (χ4n) is 3.37. The highest BCUT2D eigenvalue weighted by Crippen LogP contribution is 2.20. The third-order valence-electron chi connectivity index (χ3n) is 5.20. The summed E-state index contributed by atoms with van der Waals surface area (Å²) >= 11 is 0. The second kappa shape index (κ2) is 11.6. The van der Waals surface area contributed by atoms with Gasteiger partial charge in [-0.05, 0) is 48.4 Å². The number of amides is 3. The Morgan fingerprint density at radius 3 is 2.18 bits per heavy atom. The number of benzene rings is 3. The number of para-hydroxylation sites is 1. The van der Waals surface area contributed by atoms with Crippen LogP contribution in [0.25, 0.3) is 0 Å². The lowest BCUT2D eigenvalue weighted by Crippen LogP contribution is -2.27. The monoisotopic (exact) mass is 443 g/mol. The van der Waals surface area contributed by atoms with Crippen LogP contribution in [0.3, 0.4) is 0 Å². The summed E-state index contributed by atoms with van der Waals surface area (Å²) in [7, 11) is 1.74. The first-order chi connectivity index (χ1) is 16.0. The highest BCUT2D eigenvalue weighted by Gasteiger charge is 2.18. The molecule has 0 atom stereocenters. The summed E-state index contributed by atoms with van der Waals surface area (Å²) in [5.41, 5.74) is 2.97. The number of hydrogen-bond acceptors (Lipinski definition) is 3. The van der Waals surface area contributed by atoms with E-state index in [1.54, 1.807) is 60.5 Å². The molecule has 0 aliphatic carbocycles. The van der Waals surface area contributed by atoms with Crippen molar-refractivity contribution in [2.45, 2.75) is 32.7 Å². The van der Waals surface area contributed by atoms with Crippen molar-refractivity contribution in [1.29, 1.82) is 0 Å². The van der Waals surface area contributed by atoms with Crippen molar-refractivity contribution in [2.24, 2.45) is 0 Å². The molecule has 6 nitrogen and oxygen atoms in total. The van der Waals surface area contributed by atoms with Gasteiger partial charge in [0.2, 0.25) is 5.91 Å². The summed E-state index contributed by atoms with van der Waals surface area (Å²) in [6, 6.07) is 23.4. The average Bonchev–Trinajstić information content (AvgIpc) is 2.83.